The summed E-state index contributed by atoms with van der Waals surface area (Å²) in [6.45, 7) is 4.97. The van der Waals surface area contributed by atoms with Crippen LogP contribution < -0.4 is 10.5 Å². The van der Waals surface area contributed by atoms with Gasteiger partial charge in [0, 0.05) is 36.2 Å². The Labute approximate surface area is 172 Å². The van der Waals surface area contributed by atoms with Gasteiger partial charge in [-0.05, 0) is 6.07 Å². The number of nitrogens with zero attached hydrogens (tertiary/aromatic N) is 3. The summed E-state index contributed by atoms with van der Waals surface area (Å²) in [6, 6.07) is 3.67. The summed E-state index contributed by atoms with van der Waals surface area (Å²) < 4.78 is 5.07. The van der Waals surface area contributed by atoms with E-state index in [0.29, 0.717) is 29.6 Å². The van der Waals surface area contributed by atoms with E-state index in [2.05, 4.69) is 15.0 Å². The van der Waals surface area contributed by atoms with Crippen molar-refractivity contribution in [3.8, 4) is 5.88 Å². The quantitative estimate of drug-likeness (QED) is 0.649. The van der Waals surface area contributed by atoms with Crippen LogP contribution >= 0.6 is 23.2 Å². The third-order valence-corrected chi connectivity index (χ3v) is 5.30. The molecule has 3 heterocycles. The Morgan fingerprint density at radius 1 is 1.32 bits per heavy atom. The van der Waals surface area contributed by atoms with E-state index in [1.54, 1.807) is 11.0 Å². The van der Waals surface area contributed by atoms with E-state index in [9.17, 15) is 4.79 Å². The molecule has 4 rings (SSSR count). The largest absolute Gasteiger partial charge is 0.479 e. The number of aromatic nitrogens is 3. The molecule has 148 valence electrons. The minimum atomic E-state index is -0.275. The molecular weight excluding hydrogens is 401 g/mol. The topological polar surface area (TPSA) is 97.1 Å². The van der Waals surface area contributed by atoms with E-state index in [1.165, 1.54) is 13.3 Å². The van der Waals surface area contributed by atoms with E-state index < -0.39 is 0 Å². The molecule has 3 N–H and O–H groups in total. The second-order valence-corrected chi connectivity index (χ2v) is 6.79. The summed E-state index contributed by atoms with van der Waals surface area (Å²) in [7, 11) is 1.45. The first kappa shape index (κ1) is 20.2. The number of benzene rings is 1. The summed E-state index contributed by atoms with van der Waals surface area (Å²) in [4.78, 5) is 26.0. The van der Waals surface area contributed by atoms with Crippen molar-refractivity contribution in [1.82, 2.24) is 19.9 Å². The molecule has 1 aromatic carbocycles. The van der Waals surface area contributed by atoms with Crippen molar-refractivity contribution in [2.24, 2.45) is 0 Å². The van der Waals surface area contributed by atoms with Crippen LogP contribution in [0.5, 0.6) is 5.88 Å². The van der Waals surface area contributed by atoms with Crippen LogP contribution in [0.25, 0.3) is 10.9 Å². The maximum absolute atomic E-state index is 12.8. The fourth-order valence-electron chi connectivity index (χ4n) is 3.18. The Bertz CT molecular complexity index is 1030. The SMILES string of the molecule is CC.COc1nc(C(=O)N2CCc3[nH]c4c(Cl)c(Cl)ccc4c3C2)ncc1N. The van der Waals surface area contributed by atoms with E-state index in [4.69, 9.17) is 33.7 Å². The molecule has 0 saturated carbocycles. The number of ether oxygens (including phenoxy) is 1. The van der Waals surface area contributed by atoms with Gasteiger partial charge in [0.25, 0.3) is 5.91 Å². The first-order valence-corrected chi connectivity index (χ1v) is 9.68. The van der Waals surface area contributed by atoms with Crippen LogP contribution in [0.4, 0.5) is 5.69 Å². The van der Waals surface area contributed by atoms with Crippen LogP contribution in [0.15, 0.2) is 18.3 Å². The summed E-state index contributed by atoms with van der Waals surface area (Å²) >= 11 is 12.4. The molecule has 2 aromatic heterocycles. The van der Waals surface area contributed by atoms with Crippen LogP contribution in [0.3, 0.4) is 0 Å². The molecular formula is C19H21Cl2N5O2. The molecule has 0 unspecified atom stereocenters. The van der Waals surface area contributed by atoms with Crippen molar-refractivity contribution in [3.63, 3.8) is 0 Å². The Morgan fingerprint density at radius 3 is 2.79 bits per heavy atom. The zero-order chi connectivity index (χ0) is 20.4. The van der Waals surface area contributed by atoms with Gasteiger partial charge in [0.15, 0.2) is 0 Å². The second kappa shape index (κ2) is 8.24. The van der Waals surface area contributed by atoms with Crippen molar-refractivity contribution in [2.75, 3.05) is 19.4 Å². The van der Waals surface area contributed by atoms with Crippen LogP contribution in [0, 0.1) is 0 Å². The smallest absolute Gasteiger partial charge is 0.292 e. The fourth-order valence-corrected chi connectivity index (χ4v) is 3.55. The van der Waals surface area contributed by atoms with Crippen molar-refractivity contribution in [2.45, 2.75) is 26.8 Å². The predicted octanol–water partition coefficient (Wildman–Crippen LogP) is 4.08. The van der Waals surface area contributed by atoms with Crippen molar-refractivity contribution < 1.29 is 9.53 Å². The number of nitrogen functional groups attached to an aromatic ring is 1. The highest BCUT2D eigenvalue weighted by Gasteiger charge is 2.27. The van der Waals surface area contributed by atoms with Gasteiger partial charge >= 0.3 is 0 Å². The lowest BCUT2D eigenvalue weighted by molar-refractivity contribution is 0.0721. The molecule has 0 radical (unpaired) electrons. The lowest BCUT2D eigenvalue weighted by Crippen LogP contribution is -2.36. The molecule has 9 heteroatoms. The first-order chi connectivity index (χ1) is 13.5. The van der Waals surface area contributed by atoms with Gasteiger partial charge in [0.05, 0.1) is 28.9 Å². The summed E-state index contributed by atoms with van der Waals surface area (Å²) in [5.41, 5.74) is 8.88. The number of carbonyl (C=O) groups is 1. The lowest BCUT2D eigenvalue weighted by atomic mass is 10.0. The maximum Gasteiger partial charge on any atom is 0.292 e. The number of nitrogens with one attached hydrogen (secondary N) is 1. The number of carbonyl (C=O) groups excluding carboxylic acids is 1. The molecule has 0 aliphatic carbocycles. The summed E-state index contributed by atoms with van der Waals surface area (Å²) in [5.74, 6) is -0.0293. The van der Waals surface area contributed by atoms with Gasteiger partial charge in [-0.25, -0.2) is 4.98 Å². The number of amides is 1. The fraction of sp³-hybridized carbons (Fsp3) is 0.316. The summed E-state index contributed by atoms with van der Waals surface area (Å²) in [6.07, 6.45) is 2.05. The van der Waals surface area contributed by atoms with Gasteiger partial charge in [-0.3, -0.25) is 4.79 Å². The van der Waals surface area contributed by atoms with Gasteiger partial charge in [-0.1, -0.05) is 43.1 Å². The molecule has 28 heavy (non-hydrogen) atoms. The highest BCUT2D eigenvalue weighted by Crippen LogP contribution is 2.35. The Morgan fingerprint density at radius 2 is 2.07 bits per heavy atom. The number of halogens is 2. The number of nitrogens with two attached hydrogens (primary N) is 1. The third-order valence-electron chi connectivity index (χ3n) is 4.49. The normalized spacial score (nSPS) is 13.0. The van der Waals surface area contributed by atoms with Gasteiger partial charge in [-0.15, -0.1) is 0 Å². The Balaban J connectivity index is 0.00000109. The van der Waals surface area contributed by atoms with E-state index >= 15 is 0 Å². The standard InChI is InChI=1S/C17H15Cl2N5O2.C2H6/c1-26-16-11(20)6-21-15(23-16)17(25)24-5-4-12-9(7-24)8-2-3-10(18)13(19)14(8)22-12;1-2/h2-3,6,22H,4-5,7,20H2,1H3;1-2H3. The minimum absolute atomic E-state index is 0.0559. The zero-order valence-electron chi connectivity index (χ0n) is 15.8. The minimum Gasteiger partial charge on any atom is -0.479 e. The molecule has 0 spiro atoms. The molecule has 1 aliphatic heterocycles. The van der Waals surface area contributed by atoms with Crippen LogP contribution in [-0.4, -0.2) is 39.4 Å². The number of anilines is 1. The predicted molar refractivity (Wildman–Crippen MR) is 111 cm³/mol. The number of hydrogen-bond donors (Lipinski definition) is 2. The van der Waals surface area contributed by atoms with Gasteiger partial charge in [-0.2, -0.15) is 4.98 Å². The average Bonchev–Trinajstić information content (AvgIpc) is 3.10. The molecule has 0 atom stereocenters. The van der Waals surface area contributed by atoms with Crippen molar-refractivity contribution in [3.05, 3.63) is 45.5 Å². The second-order valence-electron chi connectivity index (χ2n) is 6.00. The van der Waals surface area contributed by atoms with Crippen LogP contribution in [0.2, 0.25) is 10.0 Å². The van der Waals surface area contributed by atoms with Gasteiger partial charge in [0.1, 0.15) is 5.69 Å². The molecule has 1 aliphatic rings. The Hall–Kier alpha value is -2.51. The number of fused-ring (bicyclic) bond motifs is 3. The van der Waals surface area contributed by atoms with Crippen molar-refractivity contribution >= 4 is 45.7 Å². The lowest BCUT2D eigenvalue weighted by Gasteiger charge is -2.26. The highest BCUT2D eigenvalue weighted by molar-refractivity contribution is 6.45. The van der Waals surface area contributed by atoms with Crippen LogP contribution in [-0.2, 0) is 13.0 Å². The molecule has 0 fully saturated rings. The summed E-state index contributed by atoms with van der Waals surface area (Å²) in [5, 5.41) is 1.94. The number of H-pyrrole nitrogens is 1. The monoisotopic (exact) mass is 421 g/mol. The molecule has 1 amide bonds. The Kier molecular flexibility index (Phi) is 5.96. The first-order valence-electron chi connectivity index (χ1n) is 8.92. The maximum atomic E-state index is 12.8. The molecule has 7 nitrogen and oxygen atoms in total. The number of rotatable bonds is 2. The van der Waals surface area contributed by atoms with Crippen LogP contribution in [0.1, 0.15) is 35.7 Å². The highest BCUT2D eigenvalue weighted by atomic mass is 35.5. The number of aromatic amines is 1. The van der Waals surface area contributed by atoms with Gasteiger partial charge in [0.2, 0.25) is 11.7 Å². The zero-order valence-corrected chi connectivity index (χ0v) is 17.4. The van der Waals surface area contributed by atoms with E-state index in [1.807, 2.05) is 19.9 Å². The average molecular weight is 422 g/mol. The molecule has 3 aromatic rings. The third kappa shape index (κ3) is 3.47. The number of methoxy groups -OCH3 is 1. The van der Waals surface area contributed by atoms with E-state index in [-0.39, 0.29) is 23.3 Å². The van der Waals surface area contributed by atoms with Gasteiger partial charge < -0.3 is 20.4 Å². The van der Waals surface area contributed by atoms with Crippen molar-refractivity contribution in [1.29, 1.82) is 0 Å². The van der Waals surface area contributed by atoms with E-state index in [0.717, 1.165) is 22.2 Å². The molecule has 0 bridgehead atoms. The molecule has 0 saturated heterocycles. The number of hydrogen-bond acceptors (Lipinski definition) is 5.